The largest absolute Gasteiger partial charge is 0.459 e. The van der Waals surface area contributed by atoms with Crippen LogP contribution in [0.5, 0.6) is 0 Å². The van der Waals surface area contributed by atoms with E-state index in [1.165, 1.54) is 6.92 Å². The summed E-state index contributed by atoms with van der Waals surface area (Å²) in [5.74, 6) is -1.91. The number of carbonyl (C=O) groups is 1. The number of rotatable bonds is 2. The lowest BCUT2D eigenvalue weighted by atomic mass is 9.42. The first-order valence-corrected chi connectivity index (χ1v) is 13.3. The van der Waals surface area contributed by atoms with E-state index in [1.54, 1.807) is 0 Å². The number of aliphatic hydroxyl groups excluding tert-OH is 1. The molecule has 4 rings (SSSR count). The molecule has 7 nitrogen and oxygen atoms in total. The quantitative estimate of drug-likeness (QED) is 0.404. The van der Waals surface area contributed by atoms with Crippen LogP contribution in [0.25, 0.3) is 0 Å². The van der Waals surface area contributed by atoms with Crippen LogP contribution < -0.4 is 0 Å². The molecule has 0 aromatic rings. The lowest BCUT2D eigenvalue weighted by Crippen LogP contribution is -2.80. The molecule has 0 amide bonds. The van der Waals surface area contributed by atoms with Crippen molar-refractivity contribution < 1.29 is 35.2 Å². The number of esters is 1. The van der Waals surface area contributed by atoms with Gasteiger partial charge >= 0.3 is 5.97 Å². The van der Waals surface area contributed by atoms with Crippen LogP contribution in [0.1, 0.15) is 62.7 Å². The maximum atomic E-state index is 13.0. The van der Waals surface area contributed by atoms with Crippen molar-refractivity contribution in [2.45, 2.75) is 96.1 Å². The molecular formula is C25H40O7S. The zero-order valence-electron chi connectivity index (χ0n) is 21.8. The van der Waals surface area contributed by atoms with Crippen LogP contribution in [-0.2, 0) is 25.1 Å². The molecule has 2 saturated carbocycles. The van der Waals surface area contributed by atoms with E-state index in [-0.39, 0.29) is 25.2 Å². The van der Waals surface area contributed by atoms with Gasteiger partial charge in [-0.15, -0.1) is 0 Å². The normalized spacial score (nSPS) is 52.3. The number of carbonyl (C=O) groups excluding carboxylic acids is 1. The van der Waals surface area contributed by atoms with Crippen LogP contribution >= 0.6 is 0 Å². The molecule has 0 radical (unpaired) electrons. The Hall–Kier alpha value is -0.800. The van der Waals surface area contributed by atoms with E-state index in [2.05, 4.69) is 0 Å². The van der Waals surface area contributed by atoms with Crippen LogP contribution in [0.3, 0.4) is 0 Å². The highest BCUT2D eigenvalue weighted by atomic mass is 32.2. The van der Waals surface area contributed by atoms with Crippen LogP contribution in [0.4, 0.5) is 0 Å². The molecule has 2 bridgehead atoms. The molecule has 0 spiro atoms. The van der Waals surface area contributed by atoms with E-state index < -0.39 is 74.2 Å². The fourth-order valence-electron chi connectivity index (χ4n) is 8.02. The molecule has 0 aromatic carbocycles. The van der Waals surface area contributed by atoms with E-state index in [9.17, 15) is 24.3 Å². The predicted octanol–water partition coefficient (Wildman–Crippen LogP) is 1.95. The molecule has 4 aliphatic rings. The number of aliphatic hydroxyl groups is 3. The zero-order chi connectivity index (χ0) is 25.6. The summed E-state index contributed by atoms with van der Waals surface area (Å²) in [5, 5.41) is 35.9. The van der Waals surface area contributed by atoms with Crippen molar-refractivity contribution in [3.8, 4) is 0 Å². The van der Waals surface area contributed by atoms with Gasteiger partial charge in [0, 0.05) is 48.0 Å². The highest BCUT2D eigenvalue weighted by Crippen LogP contribution is 2.66. The Bertz CT molecular complexity index is 936. The highest BCUT2D eigenvalue weighted by Gasteiger charge is 2.74. The maximum Gasteiger partial charge on any atom is 0.303 e. The third-order valence-corrected chi connectivity index (χ3v) is 11.2. The highest BCUT2D eigenvalue weighted by molar-refractivity contribution is 7.85. The lowest BCUT2D eigenvalue weighted by Gasteiger charge is -2.69. The van der Waals surface area contributed by atoms with E-state index >= 15 is 0 Å². The molecule has 3 aliphatic carbocycles. The minimum Gasteiger partial charge on any atom is -0.459 e. The van der Waals surface area contributed by atoms with E-state index in [0.717, 1.165) is 11.1 Å². The second-order valence-electron chi connectivity index (χ2n) is 11.8. The molecule has 1 saturated heterocycles. The summed E-state index contributed by atoms with van der Waals surface area (Å²) in [7, 11) is -1.58. The summed E-state index contributed by atoms with van der Waals surface area (Å²) < 4.78 is 32.5. The second-order valence-corrected chi connectivity index (χ2v) is 13.1. The summed E-state index contributed by atoms with van der Waals surface area (Å²) in [6.07, 6.45) is -2.31. The Balaban J connectivity index is 2.06. The minimum atomic E-state index is -1.68. The standard InChI is InChI=1S/C25H40O7S/c1-12-9-17-24(28,11-31-17)19-21(32-15(4)26)25(29)10-16(33(8)30)13(2)18(22(25,5)6)14(3)20(27)23(12,19)7/h12,14,16-17,19-21,27-29H,9-11H2,1-8H3/t12-,14+,16-,17+,19?,20+,21?,23+,24-,25+,33?/m0/s1/i8T. The van der Waals surface area contributed by atoms with Gasteiger partial charge in [0.05, 0.1) is 24.1 Å². The number of ether oxygens (including phenoxy) is 2. The molecule has 11 atom stereocenters. The third kappa shape index (κ3) is 3.06. The molecule has 188 valence electrons. The summed E-state index contributed by atoms with van der Waals surface area (Å²) in [6, 6.07) is 0. The Morgan fingerprint density at radius 2 is 1.91 bits per heavy atom. The number of fused-ring (bicyclic) bond motifs is 5. The van der Waals surface area contributed by atoms with E-state index in [4.69, 9.17) is 10.8 Å². The SMILES string of the molecule is [3H]CS(=O)[C@H]1C[C@@]2(O)C(OC(C)=O)C3[C@](C)([C@H](O)[C@H](C)C(=C1C)C2(C)C)[C@@H](C)C[C@H]1OC[C@@]31O. The van der Waals surface area contributed by atoms with Crippen molar-refractivity contribution in [1.82, 2.24) is 0 Å². The second kappa shape index (κ2) is 7.60. The summed E-state index contributed by atoms with van der Waals surface area (Å²) in [6.45, 7) is 12.8. The van der Waals surface area contributed by atoms with Gasteiger partial charge in [0.2, 0.25) is 0 Å². The monoisotopic (exact) mass is 486 g/mol. The van der Waals surface area contributed by atoms with Gasteiger partial charge in [-0.05, 0) is 25.7 Å². The van der Waals surface area contributed by atoms with Crippen molar-refractivity contribution in [1.29, 1.82) is 0 Å². The van der Waals surface area contributed by atoms with Gasteiger partial charge in [-0.1, -0.05) is 45.8 Å². The molecule has 3 N–H and O–H groups in total. The molecule has 1 aliphatic heterocycles. The molecule has 3 unspecified atom stereocenters. The van der Waals surface area contributed by atoms with Gasteiger partial charge in [-0.25, -0.2) is 0 Å². The Labute approximate surface area is 200 Å². The molecule has 0 aromatic heterocycles. The zero-order valence-corrected chi connectivity index (χ0v) is 21.6. The first kappa shape index (κ1) is 23.9. The van der Waals surface area contributed by atoms with Crippen molar-refractivity contribution in [2.75, 3.05) is 12.8 Å². The lowest BCUT2D eigenvalue weighted by molar-refractivity contribution is -0.355. The van der Waals surface area contributed by atoms with Crippen LogP contribution in [0.15, 0.2) is 11.1 Å². The third-order valence-electron chi connectivity index (χ3n) is 10.0. The Morgan fingerprint density at radius 3 is 2.42 bits per heavy atom. The fourth-order valence-corrected chi connectivity index (χ4v) is 8.98. The van der Waals surface area contributed by atoms with Crippen LogP contribution in [0.2, 0.25) is 0 Å². The summed E-state index contributed by atoms with van der Waals surface area (Å²) in [4.78, 5) is 12.5. The summed E-state index contributed by atoms with van der Waals surface area (Å²) >= 11 is 0. The number of hydrogen-bond acceptors (Lipinski definition) is 7. The van der Waals surface area contributed by atoms with E-state index in [0.29, 0.717) is 6.42 Å². The molecule has 8 heteroatoms. The van der Waals surface area contributed by atoms with Gasteiger partial charge in [0.1, 0.15) is 17.3 Å². The average molecular weight is 487 g/mol. The molecular weight excluding hydrogens is 444 g/mol. The summed E-state index contributed by atoms with van der Waals surface area (Å²) in [5.41, 5.74) is -3.31. The van der Waals surface area contributed by atoms with Crippen molar-refractivity contribution >= 4 is 16.8 Å². The number of hydrogen-bond donors (Lipinski definition) is 3. The van der Waals surface area contributed by atoms with Gasteiger partial charge < -0.3 is 24.8 Å². The van der Waals surface area contributed by atoms with Gasteiger partial charge in [0.25, 0.3) is 0 Å². The van der Waals surface area contributed by atoms with Gasteiger partial charge in [-0.3, -0.25) is 9.00 Å². The van der Waals surface area contributed by atoms with Gasteiger partial charge in [0.15, 0.2) is 0 Å². The van der Waals surface area contributed by atoms with E-state index in [1.807, 2.05) is 41.5 Å². The Kier molecular flexibility index (Phi) is 5.51. The predicted molar refractivity (Wildman–Crippen MR) is 125 cm³/mol. The first-order valence-electron chi connectivity index (χ1n) is 12.6. The fraction of sp³-hybridized carbons (Fsp3) is 0.880. The van der Waals surface area contributed by atoms with Crippen molar-refractivity contribution in [2.24, 2.45) is 28.6 Å². The Morgan fingerprint density at radius 1 is 1.27 bits per heavy atom. The average Bonchev–Trinajstić information content (AvgIpc) is 2.75. The minimum absolute atomic E-state index is 0.0316. The molecule has 1 heterocycles. The van der Waals surface area contributed by atoms with Crippen molar-refractivity contribution in [3.63, 3.8) is 0 Å². The molecule has 33 heavy (non-hydrogen) atoms. The van der Waals surface area contributed by atoms with Gasteiger partial charge in [-0.2, -0.15) is 0 Å². The van der Waals surface area contributed by atoms with Crippen LogP contribution in [0, 0.1) is 28.6 Å². The molecule has 3 fully saturated rings. The topological polar surface area (TPSA) is 113 Å². The first-order chi connectivity index (χ1) is 15.6. The van der Waals surface area contributed by atoms with Crippen LogP contribution in [-0.4, -0.2) is 73.1 Å². The maximum absolute atomic E-state index is 13.0. The van der Waals surface area contributed by atoms with Crippen molar-refractivity contribution in [3.05, 3.63) is 11.1 Å². The smallest absolute Gasteiger partial charge is 0.303 e.